The average molecular weight is 576 g/mol. The molecular weight excluding hydrogens is 525 g/mol. The Morgan fingerprint density at radius 3 is 2.33 bits per heavy atom. The highest BCUT2D eigenvalue weighted by atomic mass is 31.2. The summed E-state index contributed by atoms with van der Waals surface area (Å²) >= 11 is 0. The highest BCUT2D eigenvalue weighted by Crippen LogP contribution is 2.38. The Morgan fingerprint density at radius 1 is 0.974 bits per heavy atom. The average Bonchev–Trinajstić information content (AvgIpc) is 2.83. The molecule has 2 unspecified atom stereocenters. The van der Waals surface area contributed by atoms with Crippen LogP contribution in [0.3, 0.4) is 0 Å². The number of hydrogen-bond acceptors (Lipinski definition) is 9. The molecule has 0 aliphatic heterocycles. The third kappa shape index (κ3) is 26.2. The van der Waals surface area contributed by atoms with Crippen LogP contribution in [0.2, 0.25) is 0 Å². The van der Waals surface area contributed by atoms with Crippen molar-refractivity contribution in [2.75, 3.05) is 47.5 Å². The second-order valence-corrected chi connectivity index (χ2v) is 11.7. The van der Waals surface area contributed by atoms with Gasteiger partial charge in [-0.1, -0.05) is 62.6 Å². The number of aliphatic hydroxyl groups is 1. The van der Waals surface area contributed by atoms with Gasteiger partial charge >= 0.3 is 11.9 Å². The number of carbonyl (C=O) groups is 2. The topological polar surface area (TPSA) is 131 Å². The maximum Gasteiger partial charge on any atom is 0.305 e. The maximum absolute atomic E-state index is 12.0. The van der Waals surface area contributed by atoms with Gasteiger partial charge in [-0.2, -0.15) is 0 Å². The van der Waals surface area contributed by atoms with Crippen LogP contribution >= 0.6 is 7.82 Å². The molecule has 0 aromatic rings. The molecule has 0 spiro atoms. The van der Waals surface area contributed by atoms with Gasteiger partial charge in [0.25, 0.3) is 7.82 Å². The van der Waals surface area contributed by atoms with Crippen LogP contribution in [-0.4, -0.2) is 81.2 Å². The molecule has 0 amide bonds. The summed E-state index contributed by atoms with van der Waals surface area (Å²) in [4.78, 5) is 35.3. The van der Waals surface area contributed by atoms with E-state index in [0.717, 1.165) is 38.5 Å². The van der Waals surface area contributed by atoms with Crippen LogP contribution in [0.4, 0.5) is 0 Å². The summed E-state index contributed by atoms with van der Waals surface area (Å²) in [7, 11) is 1.10. The number of ether oxygens (including phenoxy) is 2. The molecule has 0 aliphatic rings. The minimum absolute atomic E-state index is 0.0476. The molecule has 0 saturated carbocycles. The minimum atomic E-state index is -4.58. The molecule has 226 valence electrons. The second kappa shape index (κ2) is 21.9. The monoisotopic (exact) mass is 575 g/mol. The van der Waals surface area contributed by atoms with E-state index in [1.165, 1.54) is 6.92 Å². The minimum Gasteiger partial charge on any atom is -0.756 e. The molecule has 3 atom stereocenters. The summed E-state index contributed by atoms with van der Waals surface area (Å²) in [6, 6.07) is 0. The number of esters is 2. The number of aliphatic hydroxyl groups excluding tert-OH is 1. The fraction of sp³-hybridized carbons (Fsp3) is 0.714. The molecule has 0 saturated heterocycles. The third-order valence-corrected chi connectivity index (χ3v) is 6.27. The van der Waals surface area contributed by atoms with Gasteiger partial charge in [-0.05, 0) is 32.1 Å². The van der Waals surface area contributed by atoms with Crippen molar-refractivity contribution in [1.82, 2.24) is 0 Å². The van der Waals surface area contributed by atoms with Crippen LogP contribution in [0.15, 0.2) is 36.5 Å². The molecule has 0 radical (unpaired) electrons. The summed E-state index contributed by atoms with van der Waals surface area (Å²) in [5.74, 6) is -1.09. The van der Waals surface area contributed by atoms with Crippen LogP contribution in [-0.2, 0) is 32.7 Å². The lowest BCUT2D eigenvalue weighted by atomic mass is 10.1. The molecule has 0 bridgehead atoms. The predicted octanol–water partition coefficient (Wildman–Crippen LogP) is 4.23. The highest BCUT2D eigenvalue weighted by Gasteiger charge is 2.20. The summed E-state index contributed by atoms with van der Waals surface area (Å²) in [6.07, 6.45) is 17.6. The van der Waals surface area contributed by atoms with E-state index in [1.54, 1.807) is 6.08 Å². The Morgan fingerprint density at radius 2 is 1.67 bits per heavy atom. The summed E-state index contributed by atoms with van der Waals surface area (Å²) in [5.41, 5.74) is 0. The molecule has 0 rings (SSSR count). The fourth-order valence-electron chi connectivity index (χ4n) is 3.16. The van der Waals surface area contributed by atoms with Crippen molar-refractivity contribution < 1.29 is 47.2 Å². The van der Waals surface area contributed by atoms with Crippen molar-refractivity contribution in [2.45, 2.75) is 83.8 Å². The summed E-state index contributed by atoms with van der Waals surface area (Å²) < 4.78 is 32.3. The molecule has 1 N–H and O–H groups in total. The van der Waals surface area contributed by atoms with Crippen molar-refractivity contribution in [3.63, 3.8) is 0 Å². The Labute approximate surface area is 234 Å². The van der Waals surface area contributed by atoms with Crippen LogP contribution in [0.25, 0.3) is 0 Å². The zero-order valence-electron chi connectivity index (χ0n) is 24.4. The molecule has 11 heteroatoms. The maximum atomic E-state index is 12.0. The van der Waals surface area contributed by atoms with Gasteiger partial charge in [-0.3, -0.25) is 14.2 Å². The standard InChI is InChI=1S/C28H50NO9P/c1-6-7-15-18-26(31)19-16-13-11-9-8-10-12-14-17-20-28(32)35-23-27(38-25(2)30)24-37-39(33,34)36-22-21-29(3,4)5/h7,11,13,15-16,19,26-27,31H,6,8-10,12,14,17-18,20-24H2,1-5H3/b13-11+,15-7+,19-16+/t26?,27-/m1/s1. The van der Waals surface area contributed by atoms with Gasteiger partial charge in [-0.25, -0.2) is 0 Å². The SMILES string of the molecule is CC/C=C/CC(O)/C=C/C=C/CCCCCCCC(=O)OC[C@H](COP(=O)([O-])OCC[N+](C)(C)C)OC(C)=O. The van der Waals surface area contributed by atoms with Crippen molar-refractivity contribution in [2.24, 2.45) is 0 Å². The first kappa shape index (κ1) is 37.2. The van der Waals surface area contributed by atoms with Crippen LogP contribution < -0.4 is 4.89 Å². The van der Waals surface area contributed by atoms with E-state index in [2.05, 4.69) is 13.0 Å². The third-order valence-electron chi connectivity index (χ3n) is 5.30. The van der Waals surface area contributed by atoms with Crippen molar-refractivity contribution in [1.29, 1.82) is 0 Å². The van der Waals surface area contributed by atoms with Gasteiger partial charge in [-0.15, -0.1) is 0 Å². The number of nitrogens with zero attached hydrogens (tertiary/aromatic N) is 1. The smallest absolute Gasteiger partial charge is 0.305 e. The first-order chi connectivity index (χ1) is 18.3. The number of allylic oxidation sites excluding steroid dienone is 4. The van der Waals surface area contributed by atoms with Crippen LogP contribution in [0.1, 0.15) is 71.6 Å². The first-order valence-corrected chi connectivity index (χ1v) is 15.2. The Bertz CT molecular complexity index is 805. The van der Waals surface area contributed by atoms with E-state index in [9.17, 15) is 24.2 Å². The summed E-state index contributed by atoms with van der Waals surface area (Å²) in [6.45, 7) is 2.84. The molecular formula is C28H50NO9P. The largest absolute Gasteiger partial charge is 0.756 e. The number of likely N-dealkylation sites (N-methyl/N-ethyl adjacent to an activating group) is 1. The summed E-state index contributed by atoms with van der Waals surface area (Å²) in [5, 5.41) is 9.78. The van der Waals surface area contributed by atoms with Gasteiger partial charge in [0.2, 0.25) is 0 Å². The van der Waals surface area contributed by atoms with Crippen LogP contribution in [0, 0.1) is 0 Å². The van der Waals surface area contributed by atoms with E-state index in [1.807, 2.05) is 45.4 Å². The zero-order valence-corrected chi connectivity index (χ0v) is 25.3. The number of unbranched alkanes of at least 4 members (excludes halogenated alkanes) is 5. The van der Waals surface area contributed by atoms with Gasteiger partial charge in [0, 0.05) is 13.3 Å². The lowest BCUT2D eigenvalue weighted by Gasteiger charge is -2.28. The molecule has 0 aromatic heterocycles. The number of hydrogen-bond donors (Lipinski definition) is 1. The lowest BCUT2D eigenvalue weighted by Crippen LogP contribution is -2.37. The molecule has 0 aliphatic carbocycles. The van der Waals surface area contributed by atoms with Crippen molar-refractivity contribution >= 4 is 19.8 Å². The molecule has 39 heavy (non-hydrogen) atoms. The van der Waals surface area contributed by atoms with E-state index in [-0.39, 0.29) is 19.6 Å². The van der Waals surface area contributed by atoms with Crippen LogP contribution in [0.5, 0.6) is 0 Å². The van der Waals surface area contributed by atoms with E-state index in [0.29, 0.717) is 23.9 Å². The zero-order chi connectivity index (χ0) is 29.6. The van der Waals surface area contributed by atoms with E-state index < -0.39 is 38.6 Å². The van der Waals surface area contributed by atoms with Gasteiger partial charge < -0.3 is 33.0 Å². The number of carbonyl (C=O) groups excluding carboxylic acids is 2. The molecule has 0 heterocycles. The number of quaternary nitrogens is 1. The Hall–Kier alpha value is -1.81. The van der Waals surface area contributed by atoms with Gasteiger partial charge in [0.15, 0.2) is 6.10 Å². The quantitative estimate of drug-likeness (QED) is 0.0475. The number of rotatable bonds is 23. The van der Waals surface area contributed by atoms with Gasteiger partial charge in [0.05, 0.1) is 33.9 Å². The molecule has 10 nitrogen and oxygen atoms in total. The number of phosphoric ester groups is 1. The molecule has 0 aromatic carbocycles. The van der Waals surface area contributed by atoms with E-state index >= 15 is 0 Å². The number of phosphoric acid groups is 1. The highest BCUT2D eigenvalue weighted by molar-refractivity contribution is 7.45. The second-order valence-electron chi connectivity index (χ2n) is 10.3. The van der Waals surface area contributed by atoms with Crippen molar-refractivity contribution in [3.8, 4) is 0 Å². The van der Waals surface area contributed by atoms with Crippen molar-refractivity contribution in [3.05, 3.63) is 36.5 Å². The van der Waals surface area contributed by atoms with E-state index in [4.69, 9.17) is 18.5 Å². The molecule has 0 fully saturated rings. The predicted molar refractivity (Wildman–Crippen MR) is 150 cm³/mol. The fourth-order valence-corrected chi connectivity index (χ4v) is 3.89. The first-order valence-electron chi connectivity index (χ1n) is 13.7. The Kier molecular flexibility index (Phi) is 20.9. The lowest BCUT2D eigenvalue weighted by molar-refractivity contribution is -0.870. The Balaban J connectivity index is 4.06. The normalized spacial score (nSPS) is 15.6. The van der Waals surface area contributed by atoms with Gasteiger partial charge in [0.1, 0.15) is 19.8 Å².